The Labute approximate surface area is 213 Å². The first-order valence-electron chi connectivity index (χ1n) is 11.4. The van der Waals surface area contributed by atoms with Crippen LogP contribution in [-0.2, 0) is 16.1 Å². The molecular weight excluding hydrogens is 516 g/mol. The number of fused-ring (bicyclic) bond motifs is 5. The number of hydrogen-bond donors (Lipinski definition) is 2. The molecule has 196 valence electrons. The molecule has 2 N–H and O–H groups in total. The zero-order valence-electron chi connectivity index (χ0n) is 19.8. The minimum Gasteiger partial charge on any atom is -0.503 e. The van der Waals surface area contributed by atoms with Crippen molar-refractivity contribution in [3.05, 3.63) is 56.2 Å². The average Bonchev–Trinajstić information content (AvgIpc) is 3.26. The maximum atomic E-state index is 14.2. The van der Waals surface area contributed by atoms with Gasteiger partial charge >= 0.3 is 0 Å². The minimum absolute atomic E-state index is 0.187. The van der Waals surface area contributed by atoms with Crippen molar-refractivity contribution in [2.24, 2.45) is 5.16 Å². The van der Waals surface area contributed by atoms with E-state index < -0.39 is 63.4 Å². The fourth-order valence-electron chi connectivity index (χ4n) is 5.05. The number of ether oxygens (including phenoxy) is 1. The Bertz CT molecular complexity index is 1410. The van der Waals surface area contributed by atoms with Gasteiger partial charge in [-0.3, -0.25) is 19.4 Å². The van der Waals surface area contributed by atoms with Gasteiger partial charge < -0.3 is 29.5 Å². The molecular formula is C23H22ClF2N5O6. The Morgan fingerprint density at radius 3 is 2.86 bits per heavy atom. The fourth-order valence-corrected chi connectivity index (χ4v) is 5.21. The number of nitrogens with one attached hydrogen (secondary N) is 1. The molecule has 0 aliphatic carbocycles. The first-order chi connectivity index (χ1) is 17.6. The molecule has 5 heterocycles. The van der Waals surface area contributed by atoms with Crippen LogP contribution < -0.4 is 10.7 Å². The molecule has 3 aliphatic rings. The zero-order valence-corrected chi connectivity index (χ0v) is 20.5. The molecule has 2 aromatic heterocycles. The first-order valence-corrected chi connectivity index (χ1v) is 11.8. The van der Waals surface area contributed by atoms with Crippen LogP contribution in [0.4, 0.5) is 8.78 Å². The van der Waals surface area contributed by atoms with Crippen molar-refractivity contribution in [2.45, 2.75) is 50.4 Å². The maximum absolute atomic E-state index is 14.2. The summed E-state index contributed by atoms with van der Waals surface area (Å²) in [5.41, 5.74) is -3.14. The Balaban J connectivity index is 1.54. The van der Waals surface area contributed by atoms with E-state index in [1.165, 1.54) is 17.9 Å². The molecule has 2 amide bonds. The summed E-state index contributed by atoms with van der Waals surface area (Å²) >= 11 is 5.55. The number of rotatable bonds is 3. The van der Waals surface area contributed by atoms with Gasteiger partial charge in [-0.25, -0.2) is 8.78 Å². The number of aromatic hydroxyl groups is 1. The third-order valence-corrected chi connectivity index (χ3v) is 7.52. The summed E-state index contributed by atoms with van der Waals surface area (Å²) in [6, 6.07) is -0.824. The van der Waals surface area contributed by atoms with Gasteiger partial charge in [0.15, 0.2) is 28.7 Å². The van der Waals surface area contributed by atoms with E-state index in [2.05, 4.69) is 15.5 Å². The lowest BCUT2D eigenvalue weighted by molar-refractivity contribution is -0.0655. The fraction of sp³-hybridized carbons (Fsp3) is 0.435. The van der Waals surface area contributed by atoms with Crippen molar-refractivity contribution in [2.75, 3.05) is 13.7 Å². The zero-order chi connectivity index (χ0) is 26.6. The van der Waals surface area contributed by atoms with E-state index in [9.17, 15) is 28.3 Å². The second kappa shape index (κ2) is 8.98. The highest BCUT2D eigenvalue weighted by Crippen LogP contribution is 2.46. The van der Waals surface area contributed by atoms with Gasteiger partial charge in [0.25, 0.3) is 11.8 Å². The Morgan fingerprint density at radius 1 is 1.41 bits per heavy atom. The second-order valence-electron chi connectivity index (χ2n) is 9.22. The largest absolute Gasteiger partial charge is 0.503 e. The highest BCUT2D eigenvalue weighted by Gasteiger charge is 2.54. The number of carbonyl (C=O) groups excluding carboxylic acids is 2. The molecule has 1 spiro atoms. The first kappa shape index (κ1) is 24.9. The number of oxime groups is 1. The van der Waals surface area contributed by atoms with Crippen molar-refractivity contribution in [1.82, 2.24) is 19.8 Å². The monoisotopic (exact) mass is 537 g/mol. The van der Waals surface area contributed by atoms with E-state index in [0.717, 1.165) is 0 Å². The van der Waals surface area contributed by atoms with Crippen LogP contribution in [-0.4, -0.2) is 62.6 Å². The second-order valence-corrected chi connectivity index (χ2v) is 9.60. The van der Waals surface area contributed by atoms with E-state index >= 15 is 0 Å². The van der Waals surface area contributed by atoms with Crippen molar-refractivity contribution >= 4 is 29.3 Å². The van der Waals surface area contributed by atoms with Gasteiger partial charge in [0.1, 0.15) is 10.6 Å². The molecule has 2 bridgehead atoms. The molecule has 0 radical (unpaired) electrons. The number of carbonyl (C=O) groups is 2. The van der Waals surface area contributed by atoms with Crippen LogP contribution >= 0.6 is 11.6 Å². The van der Waals surface area contributed by atoms with Gasteiger partial charge in [0, 0.05) is 18.8 Å². The molecule has 3 atom stereocenters. The van der Waals surface area contributed by atoms with Crippen LogP contribution in [0.1, 0.15) is 58.8 Å². The average molecular weight is 538 g/mol. The number of aromatic nitrogens is 2. The molecule has 2 aromatic rings. The molecule has 14 heteroatoms. The predicted molar refractivity (Wildman–Crippen MR) is 124 cm³/mol. The van der Waals surface area contributed by atoms with Gasteiger partial charge in [0.05, 0.1) is 38.0 Å². The SMILES string of the molecule is COC1=NOC2(CCC(C)N3CC2n2cc(C(=O)NCc4ncc(F)c(Cl)c4F)c(=O)c(O)c2C3=O)C1. The van der Waals surface area contributed by atoms with Crippen LogP contribution in [0.3, 0.4) is 0 Å². The number of pyridine rings is 2. The van der Waals surface area contributed by atoms with E-state index in [0.29, 0.717) is 24.9 Å². The molecule has 1 fully saturated rings. The summed E-state index contributed by atoms with van der Waals surface area (Å²) in [5, 5.41) is 16.4. The Kier molecular flexibility index (Phi) is 6.05. The van der Waals surface area contributed by atoms with Crippen LogP contribution in [0.2, 0.25) is 5.02 Å². The van der Waals surface area contributed by atoms with Crippen LogP contribution in [0.15, 0.2) is 22.3 Å². The van der Waals surface area contributed by atoms with E-state index in [-0.39, 0.29) is 30.4 Å². The third kappa shape index (κ3) is 3.88. The maximum Gasteiger partial charge on any atom is 0.274 e. The minimum atomic E-state index is -1.15. The van der Waals surface area contributed by atoms with Gasteiger partial charge in [-0.2, -0.15) is 0 Å². The lowest BCUT2D eigenvalue weighted by atomic mass is 9.85. The van der Waals surface area contributed by atoms with Crippen molar-refractivity contribution in [3.63, 3.8) is 0 Å². The molecule has 5 rings (SSSR count). The summed E-state index contributed by atoms with van der Waals surface area (Å²) in [6.45, 7) is 1.53. The Hall–Kier alpha value is -3.74. The molecule has 11 nitrogen and oxygen atoms in total. The van der Waals surface area contributed by atoms with Gasteiger partial charge in [0.2, 0.25) is 11.3 Å². The van der Waals surface area contributed by atoms with Crippen LogP contribution in [0.5, 0.6) is 5.75 Å². The number of amides is 2. The van der Waals surface area contributed by atoms with Crippen molar-refractivity contribution in [1.29, 1.82) is 0 Å². The lowest BCUT2D eigenvalue weighted by Gasteiger charge is -2.41. The molecule has 3 aliphatic heterocycles. The smallest absolute Gasteiger partial charge is 0.274 e. The summed E-state index contributed by atoms with van der Waals surface area (Å²) in [4.78, 5) is 50.2. The summed E-state index contributed by atoms with van der Waals surface area (Å²) in [5.74, 6) is -4.27. The number of halogens is 3. The van der Waals surface area contributed by atoms with Crippen LogP contribution in [0, 0.1) is 11.6 Å². The molecule has 3 unspecified atom stereocenters. The summed E-state index contributed by atoms with van der Waals surface area (Å²) in [7, 11) is 1.46. The highest BCUT2D eigenvalue weighted by molar-refractivity contribution is 6.30. The molecule has 0 aromatic carbocycles. The Morgan fingerprint density at radius 2 is 2.16 bits per heavy atom. The van der Waals surface area contributed by atoms with Gasteiger partial charge in [-0.15, -0.1) is 0 Å². The number of methoxy groups -OCH3 is 1. The number of hydrogen-bond acceptors (Lipinski definition) is 8. The standard InChI is InChI=1S/C23H22ClF2N5O6/c1-10-3-4-23(5-15(36-2)29-37-23)14-9-30(10)22(35)18-20(33)19(32)11(8-31(14)18)21(34)28-7-13-17(26)16(24)12(25)6-27-13/h6,8,10,14,33H,3-5,7,9H2,1-2H3,(H,28,34). The molecule has 1 saturated heterocycles. The lowest BCUT2D eigenvalue weighted by Crippen LogP contribution is -2.52. The topological polar surface area (TPSA) is 135 Å². The molecule has 37 heavy (non-hydrogen) atoms. The van der Waals surface area contributed by atoms with Crippen molar-refractivity contribution < 1.29 is 33.1 Å². The summed E-state index contributed by atoms with van der Waals surface area (Å²) in [6.07, 6.45) is 3.23. The number of nitrogens with zero attached hydrogens (tertiary/aromatic N) is 4. The van der Waals surface area contributed by atoms with Crippen LogP contribution in [0.25, 0.3) is 0 Å². The van der Waals surface area contributed by atoms with E-state index in [4.69, 9.17) is 21.2 Å². The summed E-state index contributed by atoms with van der Waals surface area (Å²) < 4.78 is 34.2. The normalized spacial score (nSPS) is 24.3. The quantitative estimate of drug-likeness (QED) is 0.612. The predicted octanol–water partition coefficient (Wildman–Crippen LogP) is 2.11. The van der Waals surface area contributed by atoms with E-state index in [1.807, 2.05) is 6.92 Å². The third-order valence-electron chi connectivity index (χ3n) is 7.17. The highest BCUT2D eigenvalue weighted by atomic mass is 35.5. The van der Waals surface area contributed by atoms with Gasteiger partial charge in [-0.05, 0) is 19.8 Å². The molecule has 0 saturated carbocycles. The van der Waals surface area contributed by atoms with E-state index in [1.54, 1.807) is 4.90 Å². The van der Waals surface area contributed by atoms with Crippen molar-refractivity contribution in [3.8, 4) is 5.75 Å². The van der Waals surface area contributed by atoms with Gasteiger partial charge in [-0.1, -0.05) is 16.8 Å².